The number of nitrogens with two attached hydrogens (primary N) is 3. The van der Waals surface area contributed by atoms with Crippen LogP contribution in [-0.2, 0) is 68.7 Å². The summed E-state index contributed by atoms with van der Waals surface area (Å²) in [5, 5.41) is 51.0. The first-order chi connectivity index (χ1) is 38.4. The zero-order valence-corrected chi connectivity index (χ0v) is 48.3. The predicted molar refractivity (Wildman–Crippen MR) is 298 cm³/mol. The van der Waals surface area contributed by atoms with Crippen LogP contribution in [-0.4, -0.2) is 159 Å². The van der Waals surface area contributed by atoms with E-state index in [-0.39, 0.29) is 31.6 Å². The molecule has 18 N–H and O–H groups in total. The van der Waals surface area contributed by atoms with Crippen LogP contribution < -0.4 is 65.1 Å². The maximum absolute atomic E-state index is 14.3. The van der Waals surface area contributed by atoms with E-state index in [2.05, 4.69) is 47.9 Å². The number of unbranched alkanes of at least 4 members (excludes halogenated alkanes) is 1. The van der Waals surface area contributed by atoms with E-state index < -0.39 is 181 Å². The first kappa shape index (κ1) is 72.3. The van der Waals surface area contributed by atoms with E-state index in [1.54, 1.807) is 85.7 Å². The minimum atomic E-state index is -1.95. The minimum absolute atomic E-state index is 0.0332. The lowest BCUT2D eigenvalue weighted by atomic mass is 9.95. The zero-order chi connectivity index (χ0) is 62.6. The van der Waals surface area contributed by atoms with E-state index in [4.69, 9.17) is 17.2 Å². The van der Waals surface area contributed by atoms with Crippen LogP contribution in [0.3, 0.4) is 0 Å². The van der Waals surface area contributed by atoms with Crippen LogP contribution in [0.1, 0.15) is 132 Å². The standard InChI is InChI=1S/C54H88N12O16/c1-10-29(7)43(65-45(72)33(56)19-15-16-22-55)52(79)62-36(24-32-17-13-12-14-18-32)48(75)60-38(26-41(70)71)49(76)59-34(20-21-40(68)69)46(73)66-44(30(8)11-2)53(80)61-35(23-27(3)4)50(77)64-42(28(5)6)51(78)63-37(25-39(57)67)47(74)58-31(9)54(81)82/h12-14,17-18,27-31,33-38,42-44H,10-11,15-16,19-26,55-56H2,1-9H3,(H2,57,67)(H,58,74)(H,59,76)(H,60,75)(H,61,80)(H,62,79)(H,63,78)(H,64,77)(H,65,72)(H,66,73)(H,68,69)(H,70,71)(H,81,82)/t29-,30-,31-,33-,34-,35-,36-,37-,38-,42-,43-,44-/m0/s1. The van der Waals surface area contributed by atoms with E-state index in [1.807, 2.05) is 0 Å². The number of hydrogen-bond donors (Lipinski definition) is 15. The van der Waals surface area contributed by atoms with E-state index in [0.717, 1.165) is 6.92 Å². The van der Waals surface area contributed by atoms with Crippen LogP contribution in [0, 0.1) is 23.7 Å². The maximum atomic E-state index is 14.3. The van der Waals surface area contributed by atoms with Crippen LogP contribution in [0.2, 0.25) is 0 Å². The molecule has 82 heavy (non-hydrogen) atoms. The first-order valence-electron chi connectivity index (χ1n) is 27.5. The van der Waals surface area contributed by atoms with Crippen LogP contribution in [0.4, 0.5) is 0 Å². The van der Waals surface area contributed by atoms with Gasteiger partial charge in [-0.15, -0.1) is 0 Å². The van der Waals surface area contributed by atoms with Crippen LogP contribution in [0.25, 0.3) is 0 Å². The van der Waals surface area contributed by atoms with Gasteiger partial charge in [0.15, 0.2) is 0 Å². The Balaban J connectivity index is 3.60. The Kier molecular flexibility index (Phi) is 32.2. The average molecular weight is 1160 g/mol. The highest BCUT2D eigenvalue weighted by Gasteiger charge is 2.38. The molecule has 0 saturated heterocycles. The molecule has 0 aromatic heterocycles. The van der Waals surface area contributed by atoms with Gasteiger partial charge in [0.25, 0.3) is 0 Å². The second-order valence-corrected chi connectivity index (χ2v) is 21.3. The van der Waals surface area contributed by atoms with Gasteiger partial charge < -0.3 is 80.4 Å². The highest BCUT2D eigenvalue weighted by Crippen LogP contribution is 2.15. The Morgan fingerprint density at radius 2 is 0.927 bits per heavy atom. The Morgan fingerprint density at radius 1 is 0.488 bits per heavy atom. The molecular weight excluding hydrogens is 1070 g/mol. The highest BCUT2D eigenvalue weighted by molar-refractivity contribution is 6.00. The van der Waals surface area contributed by atoms with Crippen molar-refractivity contribution in [3.8, 4) is 0 Å². The summed E-state index contributed by atoms with van der Waals surface area (Å²) in [7, 11) is 0. The summed E-state index contributed by atoms with van der Waals surface area (Å²) < 4.78 is 0. The molecule has 0 aliphatic carbocycles. The fraction of sp³-hybridized carbons (Fsp3) is 0.648. The molecule has 28 nitrogen and oxygen atoms in total. The van der Waals surface area contributed by atoms with Crippen molar-refractivity contribution in [1.82, 2.24) is 47.9 Å². The molecule has 460 valence electrons. The molecule has 0 aliphatic heterocycles. The van der Waals surface area contributed by atoms with Gasteiger partial charge in [0.05, 0.1) is 18.9 Å². The Hall–Kier alpha value is -7.75. The summed E-state index contributed by atoms with van der Waals surface area (Å²) in [6.45, 7) is 14.8. The van der Waals surface area contributed by atoms with Gasteiger partial charge in [-0.25, -0.2) is 0 Å². The van der Waals surface area contributed by atoms with Crippen LogP contribution in [0.5, 0.6) is 0 Å². The quantitative estimate of drug-likeness (QED) is 0.0322. The Labute approximate surface area is 477 Å². The molecule has 12 atom stereocenters. The van der Waals surface area contributed by atoms with E-state index in [9.17, 15) is 77.6 Å². The van der Waals surface area contributed by atoms with Gasteiger partial charge >= 0.3 is 17.9 Å². The molecule has 0 spiro atoms. The number of rotatable bonds is 39. The topological polar surface area (TPSA) is 469 Å². The number of carboxylic acid groups (broad SMARTS) is 3. The average Bonchev–Trinajstić information content (AvgIpc) is 3.43. The Morgan fingerprint density at radius 3 is 1.41 bits per heavy atom. The lowest BCUT2D eigenvalue weighted by Gasteiger charge is -2.30. The number of nitrogens with one attached hydrogen (secondary N) is 9. The summed E-state index contributed by atoms with van der Waals surface area (Å²) in [5.74, 6) is -16.2. The molecule has 10 amide bonds. The number of benzene rings is 1. The van der Waals surface area contributed by atoms with E-state index in [1.165, 1.54) is 0 Å². The summed E-state index contributed by atoms with van der Waals surface area (Å²) >= 11 is 0. The van der Waals surface area contributed by atoms with Crippen molar-refractivity contribution in [2.75, 3.05) is 6.54 Å². The number of carbonyl (C=O) groups is 13. The molecule has 1 aromatic carbocycles. The van der Waals surface area contributed by atoms with Crippen molar-refractivity contribution in [3.05, 3.63) is 35.9 Å². The van der Waals surface area contributed by atoms with Crippen molar-refractivity contribution in [2.45, 2.75) is 193 Å². The smallest absolute Gasteiger partial charge is 0.325 e. The van der Waals surface area contributed by atoms with Gasteiger partial charge in [-0.2, -0.15) is 0 Å². The molecule has 28 heteroatoms. The number of carboxylic acids is 3. The van der Waals surface area contributed by atoms with Gasteiger partial charge in [-0.3, -0.25) is 62.3 Å². The molecule has 1 rings (SSSR count). The fourth-order valence-electron chi connectivity index (χ4n) is 8.14. The summed E-state index contributed by atoms with van der Waals surface area (Å²) in [4.78, 5) is 172. The highest BCUT2D eigenvalue weighted by atomic mass is 16.4. The van der Waals surface area contributed by atoms with Gasteiger partial charge in [-0.1, -0.05) is 105 Å². The SMILES string of the molecule is CC[C@H](C)[C@H](NC(=O)[C@H](CCC(=O)O)NC(=O)[C@H](CC(=O)O)NC(=O)[C@H](Cc1ccccc1)NC(=O)[C@@H](NC(=O)[C@@H](N)CCCCN)[C@@H](C)CC)C(=O)N[C@@H](CC(C)C)C(=O)N[C@H](C(=O)N[C@@H](CC(N)=O)C(=O)N[C@@H](C)C(=O)O)C(C)C. The van der Waals surface area contributed by atoms with Crippen molar-refractivity contribution in [3.63, 3.8) is 0 Å². The summed E-state index contributed by atoms with van der Waals surface area (Å²) in [5.41, 5.74) is 17.5. The lowest BCUT2D eigenvalue weighted by molar-refractivity contribution is -0.142. The van der Waals surface area contributed by atoms with Gasteiger partial charge in [0, 0.05) is 12.8 Å². The molecule has 0 heterocycles. The lowest BCUT2D eigenvalue weighted by Crippen LogP contribution is -2.62. The molecule has 0 radical (unpaired) electrons. The Bertz CT molecular complexity index is 2360. The number of hydrogen-bond acceptors (Lipinski definition) is 15. The van der Waals surface area contributed by atoms with E-state index >= 15 is 0 Å². The second-order valence-electron chi connectivity index (χ2n) is 21.3. The fourth-order valence-corrected chi connectivity index (χ4v) is 8.14. The monoisotopic (exact) mass is 1160 g/mol. The largest absolute Gasteiger partial charge is 0.481 e. The summed E-state index contributed by atoms with van der Waals surface area (Å²) in [6, 6.07) is -6.41. The van der Waals surface area contributed by atoms with Crippen LogP contribution in [0.15, 0.2) is 30.3 Å². The minimum Gasteiger partial charge on any atom is -0.481 e. The molecule has 0 saturated carbocycles. The second kappa shape index (κ2) is 36.6. The molecule has 1 aromatic rings. The normalized spacial score (nSPS) is 15.6. The molecule has 0 aliphatic rings. The number of primary amides is 1. The third kappa shape index (κ3) is 26.2. The van der Waals surface area contributed by atoms with Gasteiger partial charge in [0.2, 0.25) is 59.1 Å². The number of aliphatic carboxylic acids is 3. The predicted octanol–water partition coefficient (Wildman–Crippen LogP) is -1.84. The van der Waals surface area contributed by atoms with E-state index in [0.29, 0.717) is 31.4 Å². The van der Waals surface area contributed by atoms with Gasteiger partial charge in [-0.05, 0) is 68.4 Å². The zero-order valence-electron chi connectivity index (χ0n) is 48.3. The van der Waals surface area contributed by atoms with Crippen molar-refractivity contribution < 1.29 is 77.6 Å². The number of amides is 10. The van der Waals surface area contributed by atoms with Crippen molar-refractivity contribution >= 4 is 77.0 Å². The third-order valence-corrected chi connectivity index (χ3v) is 13.5. The van der Waals surface area contributed by atoms with Crippen molar-refractivity contribution in [2.24, 2.45) is 40.9 Å². The molecule has 0 unspecified atom stereocenters. The molecule has 0 bridgehead atoms. The van der Waals surface area contributed by atoms with Crippen LogP contribution >= 0.6 is 0 Å². The maximum Gasteiger partial charge on any atom is 0.325 e. The molecular formula is C54H88N12O16. The first-order valence-corrected chi connectivity index (χ1v) is 27.5. The van der Waals surface area contributed by atoms with Gasteiger partial charge in [0.1, 0.15) is 54.4 Å². The third-order valence-electron chi connectivity index (χ3n) is 13.5. The summed E-state index contributed by atoms with van der Waals surface area (Å²) in [6.07, 6.45) is -1.27. The van der Waals surface area contributed by atoms with Crippen molar-refractivity contribution in [1.29, 1.82) is 0 Å². The number of carbonyl (C=O) groups excluding carboxylic acids is 10. The molecule has 0 fully saturated rings.